The van der Waals surface area contributed by atoms with Gasteiger partial charge in [0.2, 0.25) is 0 Å². The average Bonchev–Trinajstić information content (AvgIpc) is 2.73. The second-order valence-electron chi connectivity index (χ2n) is 3.49. The van der Waals surface area contributed by atoms with Gasteiger partial charge in [0.1, 0.15) is 18.7 Å². The van der Waals surface area contributed by atoms with Crippen LogP contribution in [-0.2, 0) is 19.5 Å². The number of halogens is 2. The maximum Gasteiger partial charge on any atom is 0.164 e. The van der Waals surface area contributed by atoms with Crippen molar-refractivity contribution in [1.29, 1.82) is 0 Å². The summed E-state index contributed by atoms with van der Waals surface area (Å²) >= 11 is 11.8. The molecule has 0 radical (unpaired) electrons. The second kappa shape index (κ2) is 5.38. The Balaban J connectivity index is 2.07. The molecule has 0 unspecified atom stereocenters. The average molecular weight is 272 g/mol. The summed E-state index contributed by atoms with van der Waals surface area (Å²) in [6, 6.07) is 5.47. The number of hydrogen-bond donors (Lipinski definition) is 0. The Bertz CT molecular complexity index is 513. The van der Waals surface area contributed by atoms with Crippen molar-refractivity contribution in [2.75, 3.05) is 0 Å². The number of hydrogen-bond acceptors (Lipinski definition) is 3. The summed E-state index contributed by atoms with van der Waals surface area (Å²) in [6.45, 7) is 0.330. The molecule has 0 bridgehead atoms. The van der Waals surface area contributed by atoms with Gasteiger partial charge in [-0.05, 0) is 17.7 Å². The molecule has 0 aliphatic heterocycles. The van der Waals surface area contributed by atoms with Crippen LogP contribution in [0, 0.1) is 0 Å². The Kier molecular flexibility index (Phi) is 3.86. The minimum Gasteiger partial charge on any atom is -0.484 e. The summed E-state index contributed by atoms with van der Waals surface area (Å²) in [7, 11) is 1.81. The summed E-state index contributed by atoms with van der Waals surface area (Å²) in [6.07, 6.45) is 1.48. The van der Waals surface area contributed by atoms with Crippen LogP contribution in [-0.4, -0.2) is 14.8 Å². The van der Waals surface area contributed by atoms with Crippen LogP contribution in [0.3, 0.4) is 0 Å². The minimum absolute atomic E-state index is 0.330. The third-order valence-electron chi connectivity index (χ3n) is 2.31. The van der Waals surface area contributed by atoms with Crippen LogP contribution in [0.4, 0.5) is 0 Å². The van der Waals surface area contributed by atoms with Gasteiger partial charge >= 0.3 is 0 Å². The summed E-state index contributed by atoms with van der Waals surface area (Å²) in [4.78, 5) is 4.06. The Morgan fingerprint density at radius 2 is 2.24 bits per heavy atom. The van der Waals surface area contributed by atoms with Crippen molar-refractivity contribution in [3.8, 4) is 5.75 Å². The number of aromatic nitrogens is 3. The lowest BCUT2D eigenvalue weighted by atomic mass is 10.2. The second-order valence-corrected chi connectivity index (χ2v) is 4.16. The first-order valence-corrected chi connectivity index (χ1v) is 5.92. The summed E-state index contributed by atoms with van der Waals surface area (Å²) in [5.41, 5.74) is 0.961. The van der Waals surface area contributed by atoms with E-state index in [1.54, 1.807) is 16.8 Å². The van der Waals surface area contributed by atoms with Gasteiger partial charge in [0.15, 0.2) is 5.82 Å². The highest BCUT2D eigenvalue weighted by Crippen LogP contribution is 2.26. The molecule has 1 aromatic heterocycles. The third-order valence-corrected chi connectivity index (χ3v) is 2.92. The molecule has 1 heterocycles. The largest absolute Gasteiger partial charge is 0.484 e. The van der Waals surface area contributed by atoms with E-state index in [2.05, 4.69) is 10.1 Å². The van der Waals surface area contributed by atoms with Crippen molar-refractivity contribution in [1.82, 2.24) is 14.8 Å². The summed E-state index contributed by atoms with van der Waals surface area (Å²) in [5, 5.41) is 4.50. The first kappa shape index (κ1) is 12.2. The maximum atomic E-state index is 6.06. The zero-order valence-electron chi connectivity index (χ0n) is 9.23. The van der Waals surface area contributed by atoms with Crippen molar-refractivity contribution in [2.45, 2.75) is 12.5 Å². The van der Waals surface area contributed by atoms with Crippen LogP contribution in [0.15, 0.2) is 24.5 Å². The third kappa shape index (κ3) is 2.90. The van der Waals surface area contributed by atoms with Crippen LogP contribution >= 0.6 is 23.2 Å². The number of alkyl halides is 1. The maximum absolute atomic E-state index is 6.06. The van der Waals surface area contributed by atoms with Gasteiger partial charge < -0.3 is 4.74 Å². The van der Waals surface area contributed by atoms with Gasteiger partial charge in [0.05, 0.1) is 5.02 Å². The van der Waals surface area contributed by atoms with Crippen LogP contribution in [0.1, 0.15) is 11.4 Å². The molecule has 6 heteroatoms. The molecule has 0 amide bonds. The van der Waals surface area contributed by atoms with Crippen LogP contribution in [0.25, 0.3) is 0 Å². The molecule has 2 aromatic rings. The Morgan fingerprint density at radius 1 is 1.41 bits per heavy atom. The van der Waals surface area contributed by atoms with Crippen molar-refractivity contribution in [3.05, 3.63) is 40.9 Å². The molecule has 0 fully saturated rings. The van der Waals surface area contributed by atoms with Crippen molar-refractivity contribution in [3.63, 3.8) is 0 Å². The summed E-state index contributed by atoms with van der Waals surface area (Å²) < 4.78 is 7.22. The van der Waals surface area contributed by atoms with E-state index < -0.39 is 0 Å². The fourth-order valence-electron chi connectivity index (χ4n) is 1.34. The van der Waals surface area contributed by atoms with Gasteiger partial charge in [-0.15, -0.1) is 11.6 Å². The van der Waals surface area contributed by atoms with E-state index in [1.807, 2.05) is 13.1 Å². The molecule has 0 N–H and O–H groups in total. The Morgan fingerprint density at radius 3 is 2.82 bits per heavy atom. The molecule has 4 nitrogen and oxygen atoms in total. The Hall–Kier alpha value is -1.26. The van der Waals surface area contributed by atoms with E-state index >= 15 is 0 Å². The first-order chi connectivity index (χ1) is 8.20. The zero-order valence-corrected chi connectivity index (χ0v) is 10.7. The van der Waals surface area contributed by atoms with Gasteiger partial charge in [-0.25, -0.2) is 4.98 Å². The number of rotatable bonds is 4. The highest BCUT2D eigenvalue weighted by atomic mass is 35.5. The van der Waals surface area contributed by atoms with Crippen LogP contribution in [0.5, 0.6) is 5.75 Å². The number of ether oxygens (including phenoxy) is 1. The topological polar surface area (TPSA) is 39.9 Å². The predicted octanol–water partition coefficient (Wildman–Crippen LogP) is 2.79. The number of nitrogens with zero attached hydrogens (tertiary/aromatic N) is 3. The molecular weight excluding hydrogens is 261 g/mol. The van der Waals surface area contributed by atoms with E-state index in [4.69, 9.17) is 27.9 Å². The quantitative estimate of drug-likeness (QED) is 0.803. The predicted molar refractivity (Wildman–Crippen MR) is 66.3 cm³/mol. The van der Waals surface area contributed by atoms with Crippen LogP contribution in [0.2, 0.25) is 5.02 Å². The zero-order chi connectivity index (χ0) is 12.3. The molecule has 90 valence electrons. The van der Waals surface area contributed by atoms with Crippen molar-refractivity contribution in [2.24, 2.45) is 7.05 Å². The van der Waals surface area contributed by atoms with E-state index in [0.717, 1.165) is 11.4 Å². The number of benzene rings is 1. The fraction of sp³-hybridized carbons (Fsp3) is 0.273. The van der Waals surface area contributed by atoms with Crippen LogP contribution < -0.4 is 4.74 Å². The molecule has 0 saturated heterocycles. The highest BCUT2D eigenvalue weighted by Gasteiger charge is 2.05. The summed E-state index contributed by atoms with van der Waals surface area (Å²) in [5.74, 6) is 1.79. The highest BCUT2D eigenvalue weighted by molar-refractivity contribution is 6.32. The molecule has 2 rings (SSSR count). The van der Waals surface area contributed by atoms with Gasteiger partial charge in [-0.1, -0.05) is 17.7 Å². The lowest BCUT2D eigenvalue weighted by molar-refractivity contribution is 0.290. The van der Waals surface area contributed by atoms with Gasteiger partial charge in [0.25, 0.3) is 0 Å². The molecule has 0 aliphatic rings. The molecule has 0 spiro atoms. The lowest BCUT2D eigenvalue weighted by Crippen LogP contribution is -2.04. The SMILES string of the molecule is Cn1ncnc1COc1ccc(CCl)cc1Cl. The molecule has 0 aliphatic carbocycles. The monoisotopic (exact) mass is 271 g/mol. The van der Waals surface area contributed by atoms with E-state index in [-0.39, 0.29) is 0 Å². The fourth-order valence-corrected chi connectivity index (χ4v) is 1.76. The van der Waals surface area contributed by atoms with Gasteiger partial charge in [0, 0.05) is 12.9 Å². The Labute approximate surface area is 109 Å². The van der Waals surface area contributed by atoms with E-state index in [0.29, 0.717) is 23.3 Å². The molecule has 1 aromatic carbocycles. The molecule has 0 saturated carbocycles. The molecular formula is C11H11Cl2N3O. The van der Waals surface area contributed by atoms with Gasteiger partial charge in [-0.2, -0.15) is 5.10 Å². The lowest BCUT2D eigenvalue weighted by Gasteiger charge is -2.08. The normalized spacial score (nSPS) is 10.5. The minimum atomic E-state index is 0.330. The molecule has 0 atom stereocenters. The standard InChI is InChI=1S/C11H11Cl2N3O/c1-16-11(14-7-15-16)6-17-10-3-2-8(5-12)4-9(10)13/h2-4,7H,5-6H2,1H3. The first-order valence-electron chi connectivity index (χ1n) is 5.01. The van der Waals surface area contributed by atoms with Crippen molar-refractivity contribution >= 4 is 23.2 Å². The van der Waals surface area contributed by atoms with Crippen molar-refractivity contribution < 1.29 is 4.74 Å². The number of aryl methyl sites for hydroxylation is 1. The van der Waals surface area contributed by atoms with Gasteiger partial charge in [-0.3, -0.25) is 4.68 Å². The molecule has 17 heavy (non-hydrogen) atoms. The smallest absolute Gasteiger partial charge is 0.164 e. The van der Waals surface area contributed by atoms with E-state index in [9.17, 15) is 0 Å². The van der Waals surface area contributed by atoms with E-state index in [1.165, 1.54) is 6.33 Å².